The van der Waals surface area contributed by atoms with E-state index in [0.717, 1.165) is 50.2 Å². The summed E-state index contributed by atoms with van der Waals surface area (Å²) in [6.07, 6.45) is 5.76. The summed E-state index contributed by atoms with van der Waals surface area (Å²) in [7, 11) is 0. The summed E-state index contributed by atoms with van der Waals surface area (Å²) < 4.78 is 33.5. The van der Waals surface area contributed by atoms with Crippen LogP contribution in [0.2, 0.25) is 0 Å². The van der Waals surface area contributed by atoms with Crippen LogP contribution in [0.25, 0.3) is 0 Å². The lowest BCUT2D eigenvalue weighted by Crippen LogP contribution is -2.78. The summed E-state index contributed by atoms with van der Waals surface area (Å²) in [5.74, 6) is -10.9. The normalized spacial score (nSPS) is 32.9. The Hall–Kier alpha value is -5.73. The molecular formula is C58H80O19. The number of carbonyl (C=O) groups excluding carboxylic acids is 4. The van der Waals surface area contributed by atoms with Crippen molar-refractivity contribution in [2.75, 3.05) is 0 Å². The molecule has 3 saturated heterocycles. The molecule has 0 unspecified atom stereocenters. The summed E-state index contributed by atoms with van der Waals surface area (Å²) in [6.45, 7) is 19.1. The van der Waals surface area contributed by atoms with Gasteiger partial charge in [-0.05, 0) is 85.3 Å². The van der Waals surface area contributed by atoms with E-state index in [4.69, 9.17) is 28.4 Å². The van der Waals surface area contributed by atoms with Gasteiger partial charge in [-0.25, -0.2) is 19.2 Å². The van der Waals surface area contributed by atoms with Gasteiger partial charge in [-0.3, -0.25) is 14.4 Å². The lowest BCUT2D eigenvalue weighted by molar-refractivity contribution is -0.374. The highest BCUT2D eigenvalue weighted by Crippen LogP contribution is 2.56. The number of aliphatic hydroxyl groups excluding tert-OH is 2. The third-order valence-corrected chi connectivity index (χ3v) is 15.8. The van der Waals surface area contributed by atoms with Gasteiger partial charge < -0.3 is 59.1 Å². The molecule has 0 radical (unpaired) electrons. The van der Waals surface area contributed by atoms with E-state index in [-0.39, 0.29) is 66.2 Å². The van der Waals surface area contributed by atoms with Crippen LogP contribution in [0.15, 0.2) is 78.4 Å². The van der Waals surface area contributed by atoms with Crippen LogP contribution in [-0.2, 0) is 68.4 Å². The average Bonchev–Trinajstić information content (AvgIpc) is 3.63. The fourth-order valence-corrected chi connectivity index (χ4v) is 11.4. The smallest absolute Gasteiger partial charge is 0.344 e. The van der Waals surface area contributed by atoms with Crippen molar-refractivity contribution in [2.24, 2.45) is 41.4 Å². The van der Waals surface area contributed by atoms with Crippen LogP contribution in [-0.4, -0.2) is 132 Å². The predicted octanol–water partition coefficient (Wildman–Crippen LogP) is 6.83. The van der Waals surface area contributed by atoms with Crippen molar-refractivity contribution >= 4 is 41.8 Å². The van der Waals surface area contributed by atoms with Crippen LogP contribution >= 0.6 is 0 Å². The molecule has 19 nitrogen and oxygen atoms in total. The number of benzene rings is 1. The Kier molecular flexibility index (Phi) is 21.6. The number of aliphatic hydroxyl groups is 3. The van der Waals surface area contributed by atoms with E-state index in [1.165, 1.54) is 18.6 Å². The van der Waals surface area contributed by atoms with E-state index in [0.29, 0.717) is 37.0 Å². The number of carbonyl (C=O) groups is 7. The van der Waals surface area contributed by atoms with Gasteiger partial charge in [0.2, 0.25) is 23.1 Å². The number of carboxylic acids is 3. The minimum Gasteiger partial charge on any atom is -0.479 e. The molecule has 5 aliphatic rings. The zero-order valence-corrected chi connectivity index (χ0v) is 45.5. The van der Waals surface area contributed by atoms with Crippen molar-refractivity contribution in [1.29, 1.82) is 0 Å². The van der Waals surface area contributed by atoms with Crippen LogP contribution in [0.5, 0.6) is 0 Å². The van der Waals surface area contributed by atoms with Crippen molar-refractivity contribution < 1.29 is 92.6 Å². The number of unbranched alkanes of at least 4 members (excludes halogenated alkanes) is 1. The molecule has 1 aromatic carbocycles. The fourth-order valence-electron chi connectivity index (χ4n) is 11.4. The van der Waals surface area contributed by atoms with Gasteiger partial charge in [0.05, 0.1) is 18.4 Å². The Morgan fingerprint density at radius 3 is 2.23 bits per heavy atom. The molecule has 19 heteroatoms. The van der Waals surface area contributed by atoms with E-state index < -0.39 is 83.8 Å². The third-order valence-electron chi connectivity index (χ3n) is 15.8. The standard InChI is InChI=1S/C34H44O14.C24H36O5/c1-6-7-11-19(2)14-15-24(36)46-27-26(37)32(47-28(29(38)39)33(44,30(40)41)34(27,48-32)31(42)43)17-16-20(3)25(45-22(5)35)21(4)18-23-12-9-8-10-13-23;1-5-15(3)24(27)29-21-11-14(2)10-17-7-6-16(4)20(23(17)21)9-8-19-12-18(25)13-22(26)28-19/h8-10,12-15,19,21,25-28,37,44H,3,6-7,11,16-18H2,1-2,4-5H3,(H,38,39)(H,40,41)(H,42,43);6-7,10,14-16,18-21,23,25H,5,8-9,11-13H2,1-4H3/b15-14+;/t19-,21+,25+,26+,27+,28-,32-,33+,34-;14-,15-,16-,18+,19+,20-,21-,23-/m00/s1. The number of rotatable bonds is 23. The molecule has 0 amide bonds. The first kappa shape index (κ1) is 62.1. The minimum atomic E-state index is -3.89. The minimum absolute atomic E-state index is 0.0854. The molecule has 3 heterocycles. The van der Waals surface area contributed by atoms with Crippen LogP contribution < -0.4 is 0 Å². The quantitative estimate of drug-likeness (QED) is 0.0283. The largest absolute Gasteiger partial charge is 0.479 e. The summed E-state index contributed by atoms with van der Waals surface area (Å²) in [4.78, 5) is 87.0. The molecule has 3 fully saturated rings. The Bertz CT molecular complexity index is 2380. The molecule has 426 valence electrons. The number of allylic oxidation sites excluding steroid dienone is 4. The molecule has 6 N–H and O–H groups in total. The van der Waals surface area contributed by atoms with Crippen molar-refractivity contribution in [3.05, 3.63) is 84.0 Å². The molecule has 77 heavy (non-hydrogen) atoms. The van der Waals surface area contributed by atoms with E-state index in [1.54, 1.807) is 6.92 Å². The zero-order valence-electron chi connectivity index (χ0n) is 45.5. The van der Waals surface area contributed by atoms with Gasteiger partial charge >= 0.3 is 41.8 Å². The highest BCUT2D eigenvalue weighted by molar-refractivity contribution is 5.98. The second-order valence-electron chi connectivity index (χ2n) is 21.9. The van der Waals surface area contributed by atoms with Gasteiger partial charge in [0, 0.05) is 37.7 Å². The van der Waals surface area contributed by atoms with Crippen LogP contribution in [0.1, 0.15) is 132 Å². The Balaban J connectivity index is 0.000000320. The molecule has 0 saturated carbocycles. The molecule has 6 rings (SSSR count). The lowest BCUT2D eigenvalue weighted by Gasteiger charge is -2.48. The van der Waals surface area contributed by atoms with Gasteiger partial charge in [-0.2, -0.15) is 0 Å². The average molecular weight is 1080 g/mol. The van der Waals surface area contributed by atoms with E-state index in [2.05, 4.69) is 38.7 Å². The summed E-state index contributed by atoms with van der Waals surface area (Å²) in [5, 5.41) is 63.3. The highest BCUT2D eigenvalue weighted by atomic mass is 16.8. The SMILES string of the molecule is C=C(CC[C@]12O[C@@H](C(=O)O)[C@@](O)(C(=O)O)[C@](C(=O)O)(O1)[C@H](OC(=O)/C=C/[C@@H](C)CCCC)[C@H]2O)[C@@H](OC(C)=O)[C@H](C)Cc1ccccc1.CC[C@H](C)C(=O)O[C@H]1C[C@@H](C)C=C2C=C[C@H](C)[C@H](CC[C@@H]3C[C@@H](O)CC(=O)O3)[C@H]21. The van der Waals surface area contributed by atoms with Gasteiger partial charge in [-0.15, -0.1) is 0 Å². The Morgan fingerprint density at radius 2 is 1.64 bits per heavy atom. The Labute approximate surface area is 450 Å². The van der Waals surface area contributed by atoms with Crippen LogP contribution in [0.4, 0.5) is 0 Å². The van der Waals surface area contributed by atoms with Crippen molar-refractivity contribution in [3.63, 3.8) is 0 Å². The second-order valence-corrected chi connectivity index (χ2v) is 21.9. The molecule has 0 aromatic heterocycles. The van der Waals surface area contributed by atoms with Gasteiger partial charge in [-0.1, -0.05) is 123 Å². The first-order valence-corrected chi connectivity index (χ1v) is 27.0. The van der Waals surface area contributed by atoms with Crippen molar-refractivity contribution in [2.45, 2.75) is 192 Å². The molecule has 0 spiro atoms. The number of ether oxygens (including phenoxy) is 6. The maximum absolute atomic E-state index is 12.9. The van der Waals surface area contributed by atoms with Crippen molar-refractivity contribution in [3.8, 4) is 0 Å². The first-order valence-electron chi connectivity index (χ1n) is 27.0. The monoisotopic (exact) mass is 1080 g/mol. The number of hydrogen-bond donors (Lipinski definition) is 6. The number of esters is 4. The number of aliphatic carboxylic acids is 3. The number of fused-ring (bicyclic) bond motifs is 3. The molecule has 17 atom stereocenters. The van der Waals surface area contributed by atoms with Crippen molar-refractivity contribution in [1.82, 2.24) is 0 Å². The molecule has 1 aromatic rings. The maximum Gasteiger partial charge on any atom is 0.344 e. The summed E-state index contributed by atoms with van der Waals surface area (Å²) in [6, 6.07) is 9.29. The topological polar surface area (TPSA) is 296 Å². The van der Waals surface area contributed by atoms with Gasteiger partial charge in [0.1, 0.15) is 24.4 Å². The van der Waals surface area contributed by atoms with Crippen LogP contribution in [0.3, 0.4) is 0 Å². The maximum atomic E-state index is 12.9. The number of hydrogen-bond acceptors (Lipinski definition) is 16. The predicted molar refractivity (Wildman–Crippen MR) is 277 cm³/mol. The Morgan fingerprint density at radius 1 is 0.948 bits per heavy atom. The third kappa shape index (κ3) is 14.3. The van der Waals surface area contributed by atoms with E-state index in [9.17, 15) is 64.2 Å². The lowest BCUT2D eigenvalue weighted by atomic mass is 9.65. The second kappa shape index (κ2) is 26.8. The van der Waals surface area contributed by atoms with Crippen LogP contribution in [0, 0.1) is 41.4 Å². The molecule has 2 aliphatic carbocycles. The molecule has 3 aliphatic heterocycles. The zero-order chi connectivity index (χ0) is 57.2. The van der Waals surface area contributed by atoms with E-state index in [1.807, 2.05) is 58.0 Å². The molecular weight excluding hydrogens is 1000 g/mol. The fraction of sp³-hybridized carbons (Fsp3) is 0.638. The van der Waals surface area contributed by atoms with E-state index >= 15 is 0 Å². The first-order chi connectivity index (χ1) is 36.2. The molecule has 2 bridgehead atoms. The van der Waals surface area contributed by atoms with Gasteiger partial charge in [0.25, 0.3) is 0 Å². The summed E-state index contributed by atoms with van der Waals surface area (Å²) >= 11 is 0. The van der Waals surface area contributed by atoms with Gasteiger partial charge in [0.15, 0.2) is 6.10 Å². The summed E-state index contributed by atoms with van der Waals surface area (Å²) in [5.41, 5.74) is -4.99. The number of carboxylic acid groups (broad SMARTS) is 3. The number of cyclic esters (lactones) is 1. The highest BCUT2D eigenvalue weighted by Gasteiger charge is 2.86.